The van der Waals surface area contributed by atoms with Crippen molar-refractivity contribution in [3.8, 4) is 0 Å². The summed E-state index contributed by atoms with van der Waals surface area (Å²) in [4.78, 5) is 54.0. The molecule has 5 rings (SSSR count). The van der Waals surface area contributed by atoms with Gasteiger partial charge in [-0.1, -0.05) is 24.3 Å². The predicted molar refractivity (Wildman–Crippen MR) is 97.6 cm³/mol. The Kier molecular flexibility index (Phi) is 3.67. The zero-order valence-electron chi connectivity index (χ0n) is 15.1. The lowest BCUT2D eigenvalue weighted by Gasteiger charge is -2.27. The van der Waals surface area contributed by atoms with Gasteiger partial charge >= 0.3 is 0 Å². The number of fused-ring (bicyclic) bond motifs is 2. The second-order valence-corrected chi connectivity index (χ2v) is 7.42. The number of nitrogens with one attached hydrogen (secondary N) is 1. The second-order valence-electron chi connectivity index (χ2n) is 7.42. The van der Waals surface area contributed by atoms with Crippen LogP contribution >= 0.6 is 0 Å². The third-order valence-electron chi connectivity index (χ3n) is 5.63. The molecule has 1 aliphatic carbocycles. The van der Waals surface area contributed by atoms with Crippen LogP contribution in [0.15, 0.2) is 48.5 Å². The Labute approximate surface area is 161 Å². The molecule has 28 heavy (non-hydrogen) atoms. The van der Waals surface area contributed by atoms with Crippen LogP contribution < -0.4 is 4.90 Å². The van der Waals surface area contributed by atoms with E-state index in [1.54, 1.807) is 48.5 Å². The number of amides is 4. The highest BCUT2D eigenvalue weighted by Crippen LogP contribution is 2.24. The van der Waals surface area contributed by atoms with E-state index in [0.29, 0.717) is 22.3 Å². The minimum atomic E-state index is -0.318. The van der Waals surface area contributed by atoms with Crippen molar-refractivity contribution in [2.45, 2.75) is 18.9 Å². The number of carbonyl (C=O) groups excluding carboxylic acids is 4. The van der Waals surface area contributed by atoms with Gasteiger partial charge < -0.3 is 0 Å². The highest BCUT2D eigenvalue weighted by Gasteiger charge is 2.45. The molecular weight excluding hydrogens is 358 g/mol. The fraction of sp³-hybridized carbons (Fsp3) is 0.238. The van der Waals surface area contributed by atoms with Crippen molar-refractivity contribution < 1.29 is 24.1 Å². The third-order valence-corrected chi connectivity index (χ3v) is 5.63. The van der Waals surface area contributed by atoms with E-state index in [9.17, 15) is 19.2 Å². The van der Waals surface area contributed by atoms with Crippen LogP contribution in [0.5, 0.6) is 0 Å². The molecule has 2 aliphatic heterocycles. The first-order valence-corrected chi connectivity index (χ1v) is 9.31. The Morgan fingerprint density at radius 3 is 1.25 bits per heavy atom. The Bertz CT molecular complexity index is 896. The Morgan fingerprint density at radius 1 is 0.643 bits per heavy atom. The summed E-state index contributed by atoms with van der Waals surface area (Å²) in [6.07, 6.45) is 1.89. The molecule has 7 heteroatoms. The minimum absolute atomic E-state index is 0.143. The number of hydrogen-bond acceptors (Lipinski definition) is 4. The Hall–Kier alpha value is -3.32. The van der Waals surface area contributed by atoms with Gasteiger partial charge in [-0.05, 0) is 24.3 Å². The molecule has 1 N–H and O–H groups in total. The zero-order chi connectivity index (χ0) is 19.4. The van der Waals surface area contributed by atoms with Crippen LogP contribution in [0.25, 0.3) is 0 Å². The number of carbonyl (C=O) groups is 4. The van der Waals surface area contributed by atoms with Crippen LogP contribution in [0.2, 0.25) is 0 Å². The van der Waals surface area contributed by atoms with E-state index >= 15 is 0 Å². The van der Waals surface area contributed by atoms with Crippen molar-refractivity contribution in [1.29, 1.82) is 0 Å². The van der Waals surface area contributed by atoms with Gasteiger partial charge in [0.2, 0.25) is 0 Å². The van der Waals surface area contributed by atoms with Crippen molar-refractivity contribution in [3.05, 3.63) is 70.8 Å². The molecule has 0 unspecified atom stereocenters. The lowest BCUT2D eigenvalue weighted by molar-refractivity contribution is -0.925. The summed E-state index contributed by atoms with van der Waals surface area (Å²) in [6, 6.07) is 13.8. The largest absolute Gasteiger partial charge is 0.297 e. The lowest BCUT2D eigenvalue weighted by Crippen LogP contribution is -3.16. The van der Waals surface area contributed by atoms with E-state index < -0.39 is 0 Å². The number of nitrogens with zero attached hydrogens (tertiary/aromatic N) is 2. The quantitative estimate of drug-likeness (QED) is 0.773. The topological polar surface area (TPSA) is 79.2 Å². The molecular formula is C21H18N3O4+. The third kappa shape index (κ3) is 2.47. The summed E-state index contributed by atoms with van der Waals surface area (Å²) in [7, 11) is 0. The second kappa shape index (κ2) is 6.10. The first kappa shape index (κ1) is 16.8. The normalized spacial score (nSPS) is 18.3. The first-order valence-electron chi connectivity index (χ1n) is 9.31. The molecule has 1 fully saturated rings. The van der Waals surface area contributed by atoms with Crippen LogP contribution in [0, 0.1) is 0 Å². The fourth-order valence-electron chi connectivity index (χ4n) is 3.97. The van der Waals surface area contributed by atoms with Crippen molar-refractivity contribution >= 4 is 23.6 Å². The van der Waals surface area contributed by atoms with Crippen molar-refractivity contribution in [1.82, 2.24) is 9.80 Å². The molecule has 0 radical (unpaired) electrons. The number of rotatable bonds is 5. The molecule has 2 aromatic carbocycles. The number of imide groups is 2. The maximum atomic E-state index is 12.7. The van der Waals surface area contributed by atoms with Gasteiger partial charge in [-0.15, -0.1) is 0 Å². The molecule has 3 aliphatic rings. The van der Waals surface area contributed by atoms with E-state index in [2.05, 4.69) is 0 Å². The average Bonchev–Trinajstić information content (AvgIpc) is 3.50. The van der Waals surface area contributed by atoms with Crippen molar-refractivity contribution in [2.75, 3.05) is 13.3 Å². The van der Waals surface area contributed by atoms with E-state index in [0.717, 1.165) is 17.7 Å². The van der Waals surface area contributed by atoms with Gasteiger partial charge in [0.25, 0.3) is 23.6 Å². The number of hydrogen-bond donors (Lipinski definition) is 1. The SMILES string of the molecule is O=C1c2ccccc2C(=O)N1C[NH+](CN1C(=O)c2ccccc2C1=O)C1CC1. The number of benzene rings is 2. The zero-order valence-corrected chi connectivity index (χ0v) is 15.1. The fourth-order valence-corrected chi connectivity index (χ4v) is 3.97. The summed E-state index contributed by atoms with van der Waals surface area (Å²) in [5.41, 5.74) is 1.62. The highest BCUT2D eigenvalue weighted by atomic mass is 16.2. The molecule has 140 valence electrons. The molecule has 0 bridgehead atoms. The van der Waals surface area contributed by atoms with Crippen molar-refractivity contribution in [2.24, 2.45) is 0 Å². The van der Waals surface area contributed by atoms with Crippen LogP contribution in [-0.2, 0) is 0 Å². The lowest BCUT2D eigenvalue weighted by atomic mass is 10.1. The van der Waals surface area contributed by atoms with E-state index in [1.807, 2.05) is 0 Å². The van der Waals surface area contributed by atoms with Gasteiger partial charge in [-0.2, -0.15) is 0 Å². The van der Waals surface area contributed by atoms with Gasteiger partial charge in [-0.3, -0.25) is 24.1 Å². The minimum Gasteiger partial charge on any atom is -0.297 e. The first-order chi connectivity index (χ1) is 13.6. The van der Waals surface area contributed by atoms with E-state index in [1.165, 1.54) is 9.80 Å². The van der Waals surface area contributed by atoms with Gasteiger partial charge in [0, 0.05) is 12.8 Å². The average molecular weight is 376 g/mol. The summed E-state index contributed by atoms with van der Waals surface area (Å²) in [6.45, 7) is 0.287. The summed E-state index contributed by atoms with van der Waals surface area (Å²) < 4.78 is 0. The monoisotopic (exact) mass is 376 g/mol. The maximum absolute atomic E-state index is 12.7. The van der Waals surface area contributed by atoms with Gasteiger partial charge in [0.15, 0.2) is 13.3 Å². The summed E-state index contributed by atoms with van der Waals surface area (Å²) in [5, 5.41) is 0. The molecule has 7 nitrogen and oxygen atoms in total. The van der Waals surface area contributed by atoms with Gasteiger partial charge in [-0.25, -0.2) is 9.80 Å². The Morgan fingerprint density at radius 2 is 0.964 bits per heavy atom. The highest BCUT2D eigenvalue weighted by molar-refractivity contribution is 6.22. The molecule has 1 saturated carbocycles. The summed E-state index contributed by atoms with van der Waals surface area (Å²) in [5.74, 6) is -1.27. The number of quaternary nitrogens is 1. The maximum Gasteiger partial charge on any atom is 0.265 e. The van der Waals surface area contributed by atoms with E-state index in [-0.39, 0.29) is 43.0 Å². The van der Waals surface area contributed by atoms with Gasteiger partial charge in [0.05, 0.1) is 28.3 Å². The molecule has 2 aromatic rings. The van der Waals surface area contributed by atoms with Crippen LogP contribution in [0.4, 0.5) is 0 Å². The Balaban J connectivity index is 1.38. The molecule has 2 heterocycles. The molecule has 0 aromatic heterocycles. The molecule has 0 atom stereocenters. The van der Waals surface area contributed by atoms with E-state index in [4.69, 9.17) is 0 Å². The van der Waals surface area contributed by atoms with Crippen molar-refractivity contribution in [3.63, 3.8) is 0 Å². The van der Waals surface area contributed by atoms with Crippen LogP contribution in [0.1, 0.15) is 54.3 Å². The standard InChI is InChI=1S/C21H17N3O4/c25-18-14-5-1-2-6-15(14)19(26)23(18)11-22(13-9-10-13)12-24-20(27)16-7-3-4-8-17(16)21(24)28/h1-8,13H,9-12H2/p+1. The smallest absolute Gasteiger partial charge is 0.265 e. The van der Waals surface area contributed by atoms with Crippen LogP contribution in [-0.4, -0.2) is 52.8 Å². The molecule has 0 spiro atoms. The molecule has 0 saturated heterocycles. The summed E-state index contributed by atoms with van der Waals surface area (Å²) >= 11 is 0. The van der Waals surface area contributed by atoms with Gasteiger partial charge in [0.1, 0.15) is 0 Å². The molecule has 4 amide bonds. The van der Waals surface area contributed by atoms with Crippen LogP contribution in [0.3, 0.4) is 0 Å². The predicted octanol–water partition coefficient (Wildman–Crippen LogP) is 0.541.